The summed E-state index contributed by atoms with van der Waals surface area (Å²) in [6, 6.07) is 6.07. The first kappa shape index (κ1) is 25.3. The number of carbonyl (C=O) groups is 2. The lowest BCUT2D eigenvalue weighted by Gasteiger charge is -2.38. The minimum Gasteiger partial charge on any atom is -0.329 e. The fourth-order valence-corrected chi connectivity index (χ4v) is 6.70. The molecule has 1 unspecified atom stereocenters. The van der Waals surface area contributed by atoms with Crippen molar-refractivity contribution in [1.29, 1.82) is 0 Å². The van der Waals surface area contributed by atoms with E-state index in [1.807, 2.05) is 12.1 Å². The molecule has 2 aliphatic carbocycles. The van der Waals surface area contributed by atoms with Crippen molar-refractivity contribution in [3.8, 4) is 0 Å². The number of rotatable bonds is 5. The van der Waals surface area contributed by atoms with Crippen molar-refractivity contribution in [2.75, 3.05) is 0 Å². The molecule has 5 rings (SSSR count). The number of nitrogens with one attached hydrogen (secondary N) is 2. The van der Waals surface area contributed by atoms with Crippen LogP contribution in [0.25, 0.3) is 0 Å². The van der Waals surface area contributed by atoms with Crippen molar-refractivity contribution in [2.24, 2.45) is 11.8 Å². The lowest BCUT2D eigenvalue weighted by atomic mass is 9.78. The first-order valence-electron chi connectivity index (χ1n) is 13.4. The second-order valence-corrected chi connectivity index (χ2v) is 11.2. The Balaban J connectivity index is 1.21. The molecule has 2 heterocycles. The molecule has 5 nitrogen and oxygen atoms in total. The maximum absolute atomic E-state index is 13.0. The SMILES string of the molecule is C=C1CCC(N2Cc3cc(C[C@H]4CCCC[C@@H]4N[C@H]4CC[C@H](C(F)(F)F)CC4)ccc3C2=O)C(=O)N1. The highest BCUT2D eigenvalue weighted by molar-refractivity contribution is 6.01. The maximum atomic E-state index is 13.0. The topological polar surface area (TPSA) is 61.4 Å². The highest BCUT2D eigenvalue weighted by Gasteiger charge is 2.42. The summed E-state index contributed by atoms with van der Waals surface area (Å²) in [4.78, 5) is 27.2. The monoisotopic (exact) mass is 503 g/mol. The molecule has 3 atom stereocenters. The van der Waals surface area contributed by atoms with Gasteiger partial charge in [0.05, 0.1) is 5.92 Å². The molecule has 8 heteroatoms. The molecule has 4 aliphatic rings. The van der Waals surface area contributed by atoms with Gasteiger partial charge in [-0.2, -0.15) is 13.2 Å². The Labute approximate surface area is 210 Å². The van der Waals surface area contributed by atoms with Crippen LogP contribution in [0.15, 0.2) is 30.5 Å². The lowest BCUT2D eigenvalue weighted by molar-refractivity contribution is -0.182. The van der Waals surface area contributed by atoms with Crippen LogP contribution >= 0.6 is 0 Å². The van der Waals surface area contributed by atoms with E-state index in [9.17, 15) is 22.8 Å². The molecule has 2 N–H and O–H groups in total. The average Bonchev–Trinajstić information content (AvgIpc) is 3.15. The Hall–Kier alpha value is -2.35. The molecule has 2 saturated carbocycles. The summed E-state index contributed by atoms with van der Waals surface area (Å²) in [7, 11) is 0. The molecular weight excluding hydrogens is 467 g/mol. The Morgan fingerprint density at radius 2 is 1.78 bits per heavy atom. The summed E-state index contributed by atoms with van der Waals surface area (Å²) < 4.78 is 39.1. The molecule has 1 aromatic carbocycles. The number of hydrogen-bond donors (Lipinski definition) is 2. The molecule has 2 amide bonds. The summed E-state index contributed by atoms with van der Waals surface area (Å²) >= 11 is 0. The zero-order chi connectivity index (χ0) is 25.4. The number of nitrogens with zero attached hydrogens (tertiary/aromatic N) is 1. The number of carbonyl (C=O) groups excluding carboxylic acids is 2. The van der Waals surface area contributed by atoms with E-state index in [0.717, 1.165) is 31.2 Å². The number of piperidine rings is 1. The van der Waals surface area contributed by atoms with Crippen molar-refractivity contribution >= 4 is 11.8 Å². The van der Waals surface area contributed by atoms with Crippen molar-refractivity contribution < 1.29 is 22.8 Å². The zero-order valence-corrected chi connectivity index (χ0v) is 20.7. The van der Waals surface area contributed by atoms with Gasteiger partial charge in [-0.1, -0.05) is 31.6 Å². The molecular formula is C28H36F3N3O2. The van der Waals surface area contributed by atoms with Crippen molar-refractivity contribution in [3.05, 3.63) is 47.2 Å². The van der Waals surface area contributed by atoms with Crippen LogP contribution in [-0.2, 0) is 17.8 Å². The van der Waals surface area contributed by atoms with Crippen molar-refractivity contribution in [3.63, 3.8) is 0 Å². The molecule has 196 valence electrons. The zero-order valence-electron chi connectivity index (χ0n) is 20.7. The lowest BCUT2D eigenvalue weighted by Crippen LogP contribution is -2.49. The second-order valence-electron chi connectivity index (χ2n) is 11.2. The van der Waals surface area contributed by atoms with E-state index in [1.54, 1.807) is 4.90 Å². The Morgan fingerprint density at radius 1 is 1.03 bits per heavy atom. The van der Waals surface area contributed by atoms with E-state index in [1.165, 1.54) is 12.0 Å². The maximum Gasteiger partial charge on any atom is 0.391 e. The number of benzene rings is 1. The largest absolute Gasteiger partial charge is 0.391 e. The summed E-state index contributed by atoms with van der Waals surface area (Å²) in [5.74, 6) is -0.964. The highest BCUT2D eigenvalue weighted by atomic mass is 19.4. The van der Waals surface area contributed by atoms with E-state index in [2.05, 4.69) is 23.3 Å². The summed E-state index contributed by atoms with van der Waals surface area (Å²) in [5, 5.41) is 6.51. The van der Waals surface area contributed by atoms with Gasteiger partial charge >= 0.3 is 6.18 Å². The number of allylic oxidation sites excluding steroid dienone is 1. The molecule has 3 fully saturated rings. The first-order valence-corrected chi connectivity index (χ1v) is 13.4. The third kappa shape index (κ3) is 5.34. The number of hydrogen-bond acceptors (Lipinski definition) is 3. The van der Waals surface area contributed by atoms with Gasteiger partial charge in [0, 0.05) is 29.9 Å². The second kappa shape index (κ2) is 10.2. The molecule has 0 radical (unpaired) electrons. The van der Waals surface area contributed by atoms with Crippen LogP contribution in [0.4, 0.5) is 13.2 Å². The van der Waals surface area contributed by atoms with Crippen molar-refractivity contribution in [2.45, 2.75) is 101 Å². The molecule has 0 aromatic heterocycles. The predicted molar refractivity (Wildman–Crippen MR) is 131 cm³/mol. The van der Waals surface area contributed by atoms with E-state index in [0.29, 0.717) is 55.4 Å². The summed E-state index contributed by atoms with van der Waals surface area (Å²) in [5.41, 5.74) is 3.53. The smallest absolute Gasteiger partial charge is 0.329 e. The van der Waals surface area contributed by atoms with E-state index >= 15 is 0 Å². The van der Waals surface area contributed by atoms with Crippen LogP contribution in [-0.4, -0.2) is 41.0 Å². The predicted octanol–water partition coefficient (Wildman–Crippen LogP) is 5.25. The molecule has 1 saturated heterocycles. The molecule has 0 bridgehead atoms. The number of alkyl halides is 3. The van der Waals surface area contributed by atoms with Gasteiger partial charge in [0.2, 0.25) is 5.91 Å². The highest BCUT2D eigenvalue weighted by Crippen LogP contribution is 2.38. The minimum atomic E-state index is -4.07. The van der Waals surface area contributed by atoms with Crippen molar-refractivity contribution in [1.82, 2.24) is 15.5 Å². The third-order valence-electron chi connectivity index (χ3n) is 8.75. The quantitative estimate of drug-likeness (QED) is 0.577. The molecule has 1 aromatic rings. The Kier molecular flexibility index (Phi) is 7.16. The van der Waals surface area contributed by atoms with Crippen LogP contribution in [0.5, 0.6) is 0 Å². The number of halogens is 3. The van der Waals surface area contributed by atoms with Crippen LogP contribution in [0.1, 0.15) is 85.7 Å². The Morgan fingerprint density at radius 3 is 2.50 bits per heavy atom. The van der Waals surface area contributed by atoms with Crippen LogP contribution in [0.3, 0.4) is 0 Å². The van der Waals surface area contributed by atoms with Gasteiger partial charge in [0.1, 0.15) is 6.04 Å². The summed E-state index contributed by atoms with van der Waals surface area (Å²) in [6.07, 6.45) is 4.19. The number of amides is 2. The van der Waals surface area contributed by atoms with E-state index < -0.39 is 18.1 Å². The third-order valence-corrected chi connectivity index (χ3v) is 8.75. The van der Waals surface area contributed by atoms with Gasteiger partial charge < -0.3 is 15.5 Å². The van der Waals surface area contributed by atoms with E-state index in [-0.39, 0.29) is 30.7 Å². The fourth-order valence-electron chi connectivity index (χ4n) is 6.70. The number of fused-ring (bicyclic) bond motifs is 1. The summed E-state index contributed by atoms with van der Waals surface area (Å²) in [6.45, 7) is 4.27. The first-order chi connectivity index (χ1) is 17.2. The van der Waals surface area contributed by atoms with E-state index in [4.69, 9.17) is 0 Å². The standard InChI is InChI=1S/C28H36F3N3O2/c1-17-6-13-25(26(35)32-17)34-16-20-15-18(7-12-23(20)27(34)36)14-19-4-2-3-5-24(19)33-22-10-8-21(9-11-22)28(29,30)31/h7,12,15,19,21-22,24-25,33H,1-6,8-11,13-14,16H2,(H,32,35)/t19-,21-,22-,24+,25?/m1/s1. The molecule has 36 heavy (non-hydrogen) atoms. The average molecular weight is 504 g/mol. The minimum absolute atomic E-state index is 0.0871. The van der Waals surface area contributed by atoms with Gasteiger partial charge in [-0.25, -0.2) is 0 Å². The van der Waals surface area contributed by atoms with Crippen LogP contribution in [0.2, 0.25) is 0 Å². The van der Waals surface area contributed by atoms with Gasteiger partial charge in [-0.05, 0) is 80.9 Å². The van der Waals surface area contributed by atoms with Gasteiger partial charge in [-0.3, -0.25) is 9.59 Å². The molecule has 0 spiro atoms. The Bertz CT molecular complexity index is 1020. The normalized spacial score (nSPS) is 31.4. The van der Waals surface area contributed by atoms with Gasteiger partial charge in [0.25, 0.3) is 5.91 Å². The van der Waals surface area contributed by atoms with Crippen LogP contribution in [0, 0.1) is 11.8 Å². The fraction of sp³-hybridized carbons (Fsp3) is 0.643. The van der Waals surface area contributed by atoms with Gasteiger partial charge in [-0.15, -0.1) is 0 Å². The van der Waals surface area contributed by atoms with Gasteiger partial charge in [0.15, 0.2) is 0 Å². The molecule has 2 aliphatic heterocycles. The van der Waals surface area contributed by atoms with Crippen LogP contribution < -0.4 is 10.6 Å².